The number of aromatic nitrogens is 1. The van der Waals surface area contributed by atoms with Crippen molar-refractivity contribution >= 4 is 11.6 Å². The average Bonchev–Trinajstić information content (AvgIpc) is 2.51. The van der Waals surface area contributed by atoms with E-state index in [-0.39, 0.29) is 11.3 Å². The third-order valence-electron chi connectivity index (χ3n) is 2.49. The average molecular weight is 192 g/mol. The zero-order valence-electron chi connectivity index (χ0n) is 8.26. The van der Waals surface area contributed by atoms with E-state index in [9.17, 15) is 9.59 Å². The zero-order valence-corrected chi connectivity index (χ0v) is 8.26. The van der Waals surface area contributed by atoms with Gasteiger partial charge in [-0.2, -0.15) is 0 Å². The van der Waals surface area contributed by atoms with Gasteiger partial charge in [0.1, 0.15) is 5.82 Å². The number of Topliss-reactive ketones (excluding diaryl/α,β-unsaturated/α-hetero) is 1. The van der Waals surface area contributed by atoms with Gasteiger partial charge in [-0.1, -0.05) is 0 Å². The molecule has 0 aromatic carbocycles. The first-order valence-corrected chi connectivity index (χ1v) is 4.60. The maximum absolute atomic E-state index is 11.5. The quantitative estimate of drug-likeness (QED) is 0.669. The predicted molar refractivity (Wildman–Crippen MR) is 53.9 cm³/mol. The van der Waals surface area contributed by atoms with Crippen molar-refractivity contribution in [1.82, 2.24) is 4.57 Å². The van der Waals surface area contributed by atoms with Crippen LogP contribution in [0, 0.1) is 6.92 Å². The van der Waals surface area contributed by atoms with E-state index in [1.165, 1.54) is 13.0 Å². The number of hydrogen-bond acceptors (Lipinski definition) is 3. The van der Waals surface area contributed by atoms with E-state index in [4.69, 9.17) is 0 Å². The molecule has 1 aliphatic heterocycles. The number of nitrogens with one attached hydrogen (secondary N) is 1. The fraction of sp³-hybridized carbons (Fsp3) is 0.400. The number of rotatable bonds is 1. The summed E-state index contributed by atoms with van der Waals surface area (Å²) in [6.07, 6.45) is 0. The fourth-order valence-electron chi connectivity index (χ4n) is 1.90. The lowest BCUT2D eigenvalue weighted by Crippen LogP contribution is -2.20. The topological polar surface area (TPSA) is 51.1 Å². The van der Waals surface area contributed by atoms with E-state index in [0.717, 1.165) is 12.1 Å². The summed E-state index contributed by atoms with van der Waals surface area (Å²) < 4.78 is 1.61. The SMILES string of the molecule is CC(=O)c1c(C)cc(=O)n2c1NCC2. The largest absolute Gasteiger partial charge is 0.369 e. The molecule has 1 aromatic heterocycles. The Labute approximate surface area is 81.6 Å². The standard InChI is InChI=1S/C10H12N2O2/c1-6-5-8(14)12-4-3-11-10(12)9(6)7(2)13/h5,11H,3-4H2,1-2H3. The molecule has 1 aliphatic rings. The van der Waals surface area contributed by atoms with Gasteiger partial charge in [0, 0.05) is 19.2 Å². The van der Waals surface area contributed by atoms with Crippen LogP contribution in [-0.2, 0) is 6.54 Å². The molecular formula is C10H12N2O2. The van der Waals surface area contributed by atoms with Crippen LogP contribution in [0.5, 0.6) is 0 Å². The third kappa shape index (κ3) is 1.14. The molecule has 1 aromatic rings. The van der Waals surface area contributed by atoms with E-state index < -0.39 is 0 Å². The number of anilines is 1. The van der Waals surface area contributed by atoms with E-state index in [0.29, 0.717) is 17.9 Å². The second kappa shape index (κ2) is 2.97. The van der Waals surface area contributed by atoms with Crippen LogP contribution in [0.25, 0.3) is 0 Å². The summed E-state index contributed by atoms with van der Waals surface area (Å²) in [4.78, 5) is 22.9. The molecule has 4 nitrogen and oxygen atoms in total. The first kappa shape index (κ1) is 8.99. The van der Waals surface area contributed by atoms with Crippen molar-refractivity contribution in [3.8, 4) is 0 Å². The second-order valence-corrected chi connectivity index (χ2v) is 3.52. The molecule has 2 heterocycles. The van der Waals surface area contributed by atoms with Crippen LogP contribution in [0.1, 0.15) is 22.8 Å². The summed E-state index contributed by atoms with van der Waals surface area (Å²) in [5.74, 6) is 0.683. The highest BCUT2D eigenvalue weighted by atomic mass is 16.1. The molecular weight excluding hydrogens is 180 g/mol. The summed E-state index contributed by atoms with van der Waals surface area (Å²) in [6.45, 7) is 4.68. The van der Waals surface area contributed by atoms with E-state index in [1.807, 2.05) is 0 Å². The van der Waals surface area contributed by atoms with Gasteiger partial charge >= 0.3 is 0 Å². The van der Waals surface area contributed by atoms with Gasteiger partial charge in [0.2, 0.25) is 0 Å². The van der Waals surface area contributed by atoms with Crippen molar-refractivity contribution in [1.29, 1.82) is 0 Å². The monoisotopic (exact) mass is 192 g/mol. The van der Waals surface area contributed by atoms with Gasteiger partial charge in [-0.3, -0.25) is 14.2 Å². The highest BCUT2D eigenvalue weighted by molar-refractivity contribution is 6.00. The molecule has 0 amide bonds. The first-order chi connectivity index (χ1) is 6.61. The molecule has 14 heavy (non-hydrogen) atoms. The van der Waals surface area contributed by atoms with Crippen molar-refractivity contribution < 1.29 is 4.79 Å². The Kier molecular flexibility index (Phi) is 1.91. The number of fused-ring (bicyclic) bond motifs is 1. The molecule has 1 N–H and O–H groups in total. The molecule has 0 atom stereocenters. The van der Waals surface area contributed by atoms with Crippen molar-refractivity contribution in [2.45, 2.75) is 20.4 Å². The number of hydrogen-bond donors (Lipinski definition) is 1. The molecule has 4 heteroatoms. The predicted octanol–water partition coefficient (Wildman–Crippen LogP) is 0.785. The van der Waals surface area contributed by atoms with E-state index in [1.54, 1.807) is 11.5 Å². The number of pyridine rings is 1. The van der Waals surface area contributed by atoms with Gasteiger partial charge in [-0.15, -0.1) is 0 Å². The highest BCUT2D eigenvalue weighted by Crippen LogP contribution is 2.21. The van der Waals surface area contributed by atoms with Crippen LogP contribution in [0.2, 0.25) is 0 Å². The van der Waals surface area contributed by atoms with Gasteiger partial charge in [0.25, 0.3) is 5.56 Å². The second-order valence-electron chi connectivity index (χ2n) is 3.52. The number of ketones is 1. The maximum Gasteiger partial charge on any atom is 0.252 e. The van der Waals surface area contributed by atoms with Gasteiger partial charge < -0.3 is 5.32 Å². The van der Waals surface area contributed by atoms with Gasteiger partial charge in [-0.05, 0) is 19.4 Å². The smallest absolute Gasteiger partial charge is 0.252 e. The highest BCUT2D eigenvalue weighted by Gasteiger charge is 2.19. The molecule has 0 fully saturated rings. The lowest BCUT2D eigenvalue weighted by Gasteiger charge is -2.09. The molecule has 0 saturated heterocycles. The van der Waals surface area contributed by atoms with Crippen LogP contribution >= 0.6 is 0 Å². The number of nitrogens with zero attached hydrogens (tertiary/aromatic N) is 1. The Balaban J connectivity index is 2.78. The molecule has 0 saturated carbocycles. The summed E-state index contributed by atoms with van der Waals surface area (Å²) in [5, 5.41) is 3.07. The van der Waals surface area contributed by atoms with E-state index >= 15 is 0 Å². The molecule has 0 spiro atoms. The Morgan fingerprint density at radius 3 is 2.93 bits per heavy atom. The summed E-state index contributed by atoms with van der Waals surface area (Å²) >= 11 is 0. The lowest BCUT2D eigenvalue weighted by molar-refractivity contribution is 0.101. The number of carbonyl (C=O) groups is 1. The molecule has 2 rings (SSSR count). The minimum atomic E-state index is -0.0347. The number of carbonyl (C=O) groups excluding carboxylic acids is 1. The Morgan fingerprint density at radius 1 is 1.57 bits per heavy atom. The minimum absolute atomic E-state index is 0.000602. The van der Waals surface area contributed by atoms with Crippen molar-refractivity contribution in [3.05, 3.63) is 27.5 Å². The van der Waals surface area contributed by atoms with Crippen molar-refractivity contribution in [2.24, 2.45) is 0 Å². The summed E-state index contributed by atoms with van der Waals surface area (Å²) in [7, 11) is 0. The molecule has 0 bridgehead atoms. The van der Waals surface area contributed by atoms with Crippen LogP contribution in [0.3, 0.4) is 0 Å². The summed E-state index contributed by atoms with van der Waals surface area (Å²) in [5.41, 5.74) is 1.36. The molecule has 0 unspecified atom stereocenters. The fourth-order valence-corrected chi connectivity index (χ4v) is 1.90. The lowest BCUT2D eigenvalue weighted by atomic mass is 10.1. The number of aryl methyl sites for hydroxylation is 1. The normalized spacial score (nSPS) is 13.6. The van der Waals surface area contributed by atoms with Crippen LogP contribution < -0.4 is 10.9 Å². The Morgan fingerprint density at radius 2 is 2.29 bits per heavy atom. The zero-order chi connectivity index (χ0) is 10.3. The Bertz CT molecular complexity index is 460. The van der Waals surface area contributed by atoms with Crippen molar-refractivity contribution in [3.63, 3.8) is 0 Å². The third-order valence-corrected chi connectivity index (χ3v) is 2.49. The van der Waals surface area contributed by atoms with Gasteiger partial charge in [-0.25, -0.2) is 0 Å². The minimum Gasteiger partial charge on any atom is -0.369 e. The van der Waals surface area contributed by atoms with Gasteiger partial charge in [0.15, 0.2) is 5.78 Å². The maximum atomic E-state index is 11.5. The first-order valence-electron chi connectivity index (χ1n) is 4.60. The van der Waals surface area contributed by atoms with Crippen molar-refractivity contribution in [2.75, 3.05) is 11.9 Å². The van der Waals surface area contributed by atoms with E-state index in [2.05, 4.69) is 5.32 Å². The van der Waals surface area contributed by atoms with Crippen LogP contribution in [0.15, 0.2) is 10.9 Å². The molecule has 0 radical (unpaired) electrons. The molecule has 74 valence electrons. The van der Waals surface area contributed by atoms with Crippen LogP contribution in [-0.4, -0.2) is 16.9 Å². The Hall–Kier alpha value is -1.58. The summed E-state index contributed by atoms with van der Waals surface area (Å²) in [6, 6.07) is 1.52. The molecule has 0 aliphatic carbocycles. The van der Waals surface area contributed by atoms with Crippen LogP contribution in [0.4, 0.5) is 5.82 Å². The van der Waals surface area contributed by atoms with Gasteiger partial charge in [0.05, 0.1) is 5.56 Å².